The van der Waals surface area contributed by atoms with Crippen LogP contribution in [0.3, 0.4) is 0 Å². The van der Waals surface area contributed by atoms with Gasteiger partial charge in [0.2, 0.25) is 0 Å². The third kappa shape index (κ3) is 3.24. The van der Waals surface area contributed by atoms with Gasteiger partial charge in [-0.2, -0.15) is 5.10 Å². The molecular weight excluding hydrogens is 404 g/mol. The Hall–Kier alpha value is -3.94. The molecule has 162 valence electrons. The lowest BCUT2D eigenvalue weighted by Crippen LogP contribution is -2.39. The highest BCUT2D eigenvalue weighted by molar-refractivity contribution is 6.01. The van der Waals surface area contributed by atoms with Gasteiger partial charge >= 0.3 is 6.09 Å². The molecule has 8 heteroatoms. The third-order valence-electron chi connectivity index (χ3n) is 5.56. The molecule has 4 aromatic rings. The van der Waals surface area contributed by atoms with Crippen LogP contribution in [0.1, 0.15) is 32.0 Å². The number of benzene rings is 1. The van der Waals surface area contributed by atoms with Gasteiger partial charge in [0.1, 0.15) is 17.4 Å². The number of alkyl carbamates (subject to hydrolysis) is 1. The minimum Gasteiger partial charge on any atom is -0.444 e. The van der Waals surface area contributed by atoms with Crippen LogP contribution >= 0.6 is 0 Å². The number of nitrogens with two attached hydrogens (primary N) is 1. The van der Waals surface area contributed by atoms with E-state index in [9.17, 15) is 4.79 Å². The Morgan fingerprint density at radius 2 is 2.03 bits per heavy atom. The van der Waals surface area contributed by atoms with E-state index in [4.69, 9.17) is 10.5 Å². The minimum absolute atomic E-state index is 0.310. The quantitative estimate of drug-likeness (QED) is 0.500. The zero-order valence-electron chi connectivity index (χ0n) is 18.2. The molecule has 1 amide bonds. The summed E-state index contributed by atoms with van der Waals surface area (Å²) in [5.41, 5.74) is 11.7. The maximum absolute atomic E-state index is 12.4. The summed E-state index contributed by atoms with van der Waals surface area (Å²) in [4.78, 5) is 21.2. The molecule has 0 aliphatic heterocycles. The Labute approximate surface area is 185 Å². The third-order valence-corrected chi connectivity index (χ3v) is 5.56. The predicted molar refractivity (Wildman–Crippen MR) is 124 cm³/mol. The van der Waals surface area contributed by atoms with Crippen molar-refractivity contribution in [3.05, 3.63) is 60.7 Å². The number of carbonyl (C=O) groups is 1. The van der Waals surface area contributed by atoms with Crippen molar-refractivity contribution in [1.82, 2.24) is 24.9 Å². The van der Waals surface area contributed by atoms with Crippen molar-refractivity contribution in [2.45, 2.75) is 38.8 Å². The lowest BCUT2D eigenvalue weighted by molar-refractivity contribution is 0.0517. The van der Waals surface area contributed by atoms with Crippen LogP contribution < -0.4 is 11.1 Å². The molecule has 0 unspecified atom stereocenters. The van der Waals surface area contributed by atoms with Crippen molar-refractivity contribution in [2.24, 2.45) is 0 Å². The van der Waals surface area contributed by atoms with Crippen LogP contribution in [0.2, 0.25) is 0 Å². The van der Waals surface area contributed by atoms with Crippen LogP contribution in [0.4, 0.5) is 10.6 Å². The zero-order valence-corrected chi connectivity index (χ0v) is 18.2. The Kier molecular flexibility index (Phi) is 4.40. The second-order valence-electron chi connectivity index (χ2n) is 8.95. The summed E-state index contributed by atoms with van der Waals surface area (Å²) in [6.07, 6.45) is 3.30. The van der Waals surface area contributed by atoms with Crippen molar-refractivity contribution in [1.29, 1.82) is 0 Å². The van der Waals surface area contributed by atoms with Crippen LogP contribution in [0.25, 0.3) is 33.1 Å². The second-order valence-corrected chi connectivity index (χ2v) is 8.95. The summed E-state index contributed by atoms with van der Waals surface area (Å²) in [6.45, 7) is 9.80. The largest absolute Gasteiger partial charge is 0.444 e. The van der Waals surface area contributed by atoms with Gasteiger partial charge < -0.3 is 15.8 Å². The number of ether oxygens (including phenoxy) is 1. The molecule has 3 N–H and O–H groups in total. The van der Waals surface area contributed by atoms with Crippen LogP contribution in [0, 0.1) is 0 Å². The van der Waals surface area contributed by atoms with E-state index in [1.807, 2.05) is 51.2 Å². The van der Waals surface area contributed by atoms with Gasteiger partial charge in [0.25, 0.3) is 0 Å². The molecule has 0 fully saturated rings. The van der Waals surface area contributed by atoms with Crippen LogP contribution in [-0.4, -0.2) is 37.3 Å². The Morgan fingerprint density at radius 3 is 2.81 bits per heavy atom. The first kappa shape index (κ1) is 20.0. The number of fused-ring (bicyclic) bond motifs is 4. The van der Waals surface area contributed by atoms with Crippen LogP contribution in [0.15, 0.2) is 49.4 Å². The summed E-state index contributed by atoms with van der Waals surface area (Å²) in [5, 5.41) is 8.41. The van der Waals surface area contributed by atoms with Crippen LogP contribution in [-0.2, 0) is 11.2 Å². The number of hydrogen-bond donors (Lipinski definition) is 2. The van der Waals surface area contributed by atoms with Crippen molar-refractivity contribution in [3.8, 4) is 11.1 Å². The number of para-hydroxylation sites is 1. The summed E-state index contributed by atoms with van der Waals surface area (Å²) < 4.78 is 7.24. The Morgan fingerprint density at radius 1 is 1.25 bits per heavy atom. The minimum atomic E-state index is -0.586. The number of hydrogen-bond acceptors (Lipinski definition) is 6. The first-order valence-electron chi connectivity index (χ1n) is 10.4. The maximum Gasteiger partial charge on any atom is 0.408 e. The lowest BCUT2D eigenvalue weighted by atomic mass is 9.98. The number of nitrogens with one attached hydrogen (secondary N) is 1. The van der Waals surface area contributed by atoms with Gasteiger partial charge in [0, 0.05) is 34.7 Å². The Bertz CT molecular complexity index is 1400. The molecular formula is C24H24N6O2. The molecule has 5 rings (SSSR count). The molecule has 3 aromatic heterocycles. The first-order valence-corrected chi connectivity index (χ1v) is 10.4. The van der Waals surface area contributed by atoms with E-state index < -0.39 is 11.7 Å². The number of pyridine rings is 1. The second kappa shape index (κ2) is 7.05. The summed E-state index contributed by atoms with van der Waals surface area (Å²) >= 11 is 0. The molecule has 3 heterocycles. The van der Waals surface area contributed by atoms with Gasteiger partial charge in [-0.1, -0.05) is 24.8 Å². The summed E-state index contributed by atoms with van der Waals surface area (Å²) in [5.74, 6) is 0.377. The highest BCUT2D eigenvalue weighted by atomic mass is 16.6. The number of aromatic nitrogens is 4. The van der Waals surface area contributed by atoms with E-state index in [1.165, 1.54) is 6.33 Å². The topological polar surface area (TPSA) is 107 Å². The molecule has 1 aromatic carbocycles. The number of anilines is 1. The average molecular weight is 428 g/mol. The molecule has 1 aliphatic rings. The van der Waals surface area contributed by atoms with Crippen LogP contribution in [0.5, 0.6) is 0 Å². The highest BCUT2D eigenvalue weighted by Gasteiger charge is 2.36. The summed E-state index contributed by atoms with van der Waals surface area (Å²) in [7, 11) is 0. The fourth-order valence-electron chi connectivity index (χ4n) is 4.28. The fourth-order valence-corrected chi connectivity index (χ4v) is 4.28. The molecule has 0 saturated carbocycles. The molecule has 0 bridgehead atoms. The zero-order chi connectivity index (χ0) is 22.6. The van der Waals surface area contributed by atoms with Crippen molar-refractivity contribution in [2.75, 3.05) is 5.73 Å². The molecule has 1 aliphatic carbocycles. The van der Waals surface area contributed by atoms with Gasteiger partial charge in [-0.05, 0) is 38.5 Å². The van der Waals surface area contributed by atoms with Gasteiger partial charge in [0.05, 0.1) is 17.3 Å². The van der Waals surface area contributed by atoms with E-state index in [2.05, 4.69) is 33.0 Å². The van der Waals surface area contributed by atoms with Gasteiger partial charge in [-0.25, -0.2) is 14.3 Å². The Balaban J connectivity index is 1.64. The molecule has 1 atom stereocenters. The molecule has 0 radical (unpaired) electrons. The van der Waals surface area contributed by atoms with Crippen molar-refractivity contribution < 1.29 is 9.53 Å². The monoisotopic (exact) mass is 428 g/mol. The molecule has 8 nitrogen and oxygen atoms in total. The fraction of sp³-hybridized carbons (Fsp3) is 0.250. The van der Waals surface area contributed by atoms with E-state index in [-0.39, 0.29) is 6.04 Å². The van der Waals surface area contributed by atoms with Gasteiger partial charge in [-0.15, -0.1) is 0 Å². The number of nitrogens with zero attached hydrogens (tertiary/aromatic N) is 4. The van der Waals surface area contributed by atoms with Gasteiger partial charge in [-0.3, -0.25) is 4.98 Å². The maximum atomic E-state index is 12.4. The van der Waals surface area contributed by atoms with E-state index >= 15 is 0 Å². The number of rotatable bonds is 2. The normalized spacial score (nSPS) is 15.8. The SMILES string of the molecule is C=C1c2c(-c3cnc4ccccc4c3)c3c(N)ncnn3c2C[C@@H]1NC(=O)OC(C)(C)C. The van der Waals surface area contributed by atoms with Crippen molar-refractivity contribution >= 4 is 33.9 Å². The smallest absolute Gasteiger partial charge is 0.408 e. The number of carbonyl (C=O) groups excluding carboxylic acids is 1. The number of nitrogen functional groups attached to an aromatic ring is 1. The standard InChI is InChI=1S/C24H24N6O2/c1-13-17(29-23(31)32-24(2,3)4)10-18-19(13)20(21-22(25)27-12-28-30(18)21)15-9-14-7-5-6-8-16(14)26-11-15/h5-9,11-12,17H,1,10H2,2-4H3,(H,29,31)(H2,25,27,28)/t17-/m0/s1. The van der Waals surface area contributed by atoms with Gasteiger partial charge in [0.15, 0.2) is 5.82 Å². The molecule has 0 spiro atoms. The van der Waals surface area contributed by atoms with E-state index in [0.717, 1.165) is 38.9 Å². The van der Waals surface area contributed by atoms with E-state index in [0.29, 0.717) is 17.8 Å². The average Bonchev–Trinajstić information content (AvgIpc) is 3.22. The number of amides is 1. The van der Waals surface area contributed by atoms with Crippen molar-refractivity contribution in [3.63, 3.8) is 0 Å². The first-order chi connectivity index (χ1) is 15.2. The molecule has 0 saturated heterocycles. The summed E-state index contributed by atoms with van der Waals surface area (Å²) in [6, 6.07) is 9.69. The van der Waals surface area contributed by atoms with E-state index in [1.54, 1.807) is 4.52 Å². The molecule has 32 heavy (non-hydrogen) atoms. The lowest BCUT2D eigenvalue weighted by Gasteiger charge is -2.22. The highest BCUT2D eigenvalue weighted by Crippen LogP contribution is 2.44. The predicted octanol–water partition coefficient (Wildman–Crippen LogP) is 3.99.